The number of rotatable bonds is 9. The second kappa shape index (κ2) is 11.6. The molecule has 0 aliphatic carbocycles. The van der Waals surface area contributed by atoms with Crippen molar-refractivity contribution >= 4 is 34.9 Å². The average Bonchev–Trinajstić information content (AvgIpc) is 2.85. The van der Waals surface area contributed by atoms with Crippen LogP contribution in [0.4, 0.5) is 0 Å². The number of hydrazine groups is 1. The minimum Gasteiger partial charge on any atom is -0.347 e. The van der Waals surface area contributed by atoms with Gasteiger partial charge in [0.25, 0.3) is 5.91 Å². The van der Waals surface area contributed by atoms with E-state index in [-0.39, 0.29) is 12.8 Å². The molecular weight excluding hydrogens is 432 g/mol. The minimum absolute atomic E-state index is 0.234. The molecule has 0 saturated carbocycles. The largest absolute Gasteiger partial charge is 0.347 e. The molecule has 0 fully saturated rings. The topological polar surface area (TPSA) is 108 Å². The lowest BCUT2D eigenvalue weighted by Crippen LogP contribution is -2.57. The summed E-state index contributed by atoms with van der Waals surface area (Å²) < 4.78 is 0. The molecule has 3 aromatic rings. The van der Waals surface area contributed by atoms with Crippen molar-refractivity contribution in [1.29, 1.82) is 0 Å². The van der Waals surface area contributed by atoms with Crippen molar-refractivity contribution in [3.05, 3.63) is 83.9 Å². The maximum atomic E-state index is 13.4. The second-order valence-electron chi connectivity index (χ2n) is 8.05. The van der Waals surface area contributed by atoms with Crippen molar-refractivity contribution in [2.75, 3.05) is 7.05 Å². The first-order valence-corrected chi connectivity index (χ1v) is 10.9. The minimum atomic E-state index is -0.908. The van der Waals surface area contributed by atoms with Crippen molar-refractivity contribution < 1.29 is 19.2 Å². The van der Waals surface area contributed by atoms with Gasteiger partial charge in [-0.1, -0.05) is 72.8 Å². The highest BCUT2D eigenvalue weighted by Gasteiger charge is 2.31. The molecule has 3 aromatic carbocycles. The van der Waals surface area contributed by atoms with Gasteiger partial charge < -0.3 is 10.2 Å². The molecule has 0 saturated heterocycles. The SMILES string of the molecule is CC(=O)NNC(=O)C(Cc1ccccc1)N(C)C(=O)C(Cc1ccc2ccccc2c1)NC=O. The number of carbonyl (C=O) groups excluding carboxylic acids is 4. The molecule has 2 unspecified atom stereocenters. The zero-order valence-corrected chi connectivity index (χ0v) is 19.2. The predicted octanol–water partition coefficient (Wildman–Crippen LogP) is 1.73. The van der Waals surface area contributed by atoms with Crippen LogP contribution in [0.3, 0.4) is 0 Å². The molecule has 0 bridgehead atoms. The van der Waals surface area contributed by atoms with Gasteiger partial charge in [-0.2, -0.15) is 0 Å². The Labute approximate surface area is 198 Å². The van der Waals surface area contributed by atoms with Crippen LogP contribution in [0.2, 0.25) is 0 Å². The normalized spacial score (nSPS) is 12.3. The summed E-state index contributed by atoms with van der Waals surface area (Å²) >= 11 is 0. The van der Waals surface area contributed by atoms with E-state index in [2.05, 4.69) is 16.2 Å². The van der Waals surface area contributed by atoms with E-state index in [1.165, 1.54) is 18.9 Å². The third-order valence-corrected chi connectivity index (χ3v) is 5.57. The van der Waals surface area contributed by atoms with Crippen molar-refractivity contribution in [2.45, 2.75) is 31.8 Å². The Hall–Kier alpha value is -4.20. The molecule has 8 nitrogen and oxygen atoms in total. The van der Waals surface area contributed by atoms with Crippen LogP contribution in [0.5, 0.6) is 0 Å². The van der Waals surface area contributed by atoms with Gasteiger partial charge in [-0.3, -0.25) is 30.0 Å². The van der Waals surface area contributed by atoms with E-state index >= 15 is 0 Å². The summed E-state index contributed by atoms with van der Waals surface area (Å²) in [6.45, 7) is 1.27. The number of carbonyl (C=O) groups is 4. The molecule has 0 aliphatic rings. The maximum Gasteiger partial charge on any atom is 0.261 e. The van der Waals surface area contributed by atoms with Gasteiger partial charge in [0.1, 0.15) is 12.1 Å². The van der Waals surface area contributed by atoms with Crippen LogP contribution in [-0.2, 0) is 32.0 Å². The van der Waals surface area contributed by atoms with Crippen LogP contribution in [0.15, 0.2) is 72.8 Å². The Bertz CT molecular complexity index is 1170. The third kappa shape index (κ3) is 6.41. The first-order valence-electron chi connectivity index (χ1n) is 10.9. The molecule has 8 heteroatoms. The van der Waals surface area contributed by atoms with Gasteiger partial charge >= 0.3 is 0 Å². The van der Waals surface area contributed by atoms with Crippen molar-refractivity contribution in [3.8, 4) is 0 Å². The van der Waals surface area contributed by atoms with Gasteiger partial charge in [0.2, 0.25) is 18.2 Å². The summed E-state index contributed by atoms with van der Waals surface area (Å²) in [5.41, 5.74) is 6.35. The van der Waals surface area contributed by atoms with Gasteiger partial charge in [0.05, 0.1) is 0 Å². The number of benzene rings is 3. The van der Waals surface area contributed by atoms with Crippen LogP contribution >= 0.6 is 0 Å². The van der Waals surface area contributed by atoms with Gasteiger partial charge in [-0.25, -0.2) is 0 Å². The summed E-state index contributed by atoms with van der Waals surface area (Å²) in [6.07, 6.45) is 0.984. The molecule has 176 valence electrons. The van der Waals surface area contributed by atoms with Crippen molar-refractivity contribution in [3.63, 3.8) is 0 Å². The van der Waals surface area contributed by atoms with Crippen LogP contribution in [-0.4, -0.2) is 48.2 Å². The lowest BCUT2D eigenvalue weighted by Gasteiger charge is -2.30. The van der Waals surface area contributed by atoms with E-state index in [4.69, 9.17) is 0 Å². The highest BCUT2D eigenvalue weighted by molar-refractivity contribution is 5.91. The fraction of sp³-hybridized carbons (Fsp3) is 0.231. The highest BCUT2D eigenvalue weighted by Crippen LogP contribution is 2.18. The number of amides is 4. The Morgan fingerprint density at radius 2 is 1.53 bits per heavy atom. The first kappa shape index (κ1) is 24.4. The second-order valence-corrected chi connectivity index (χ2v) is 8.05. The fourth-order valence-corrected chi connectivity index (χ4v) is 3.78. The summed E-state index contributed by atoms with van der Waals surface area (Å²) in [7, 11) is 1.52. The molecule has 4 amide bonds. The van der Waals surface area contributed by atoms with Crippen molar-refractivity contribution in [2.24, 2.45) is 0 Å². The van der Waals surface area contributed by atoms with Crippen molar-refractivity contribution in [1.82, 2.24) is 21.1 Å². The van der Waals surface area contributed by atoms with E-state index in [0.29, 0.717) is 6.41 Å². The number of hydrogen-bond acceptors (Lipinski definition) is 4. The Morgan fingerprint density at radius 1 is 0.853 bits per heavy atom. The van der Waals surface area contributed by atoms with Crippen LogP contribution in [0.1, 0.15) is 18.1 Å². The smallest absolute Gasteiger partial charge is 0.261 e. The number of nitrogens with zero attached hydrogens (tertiary/aromatic N) is 1. The quantitative estimate of drug-likeness (QED) is 0.334. The summed E-state index contributed by atoms with van der Waals surface area (Å²) in [5.74, 6) is -1.39. The van der Waals surface area contributed by atoms with E-state index in [0.717, 1.165) is 21.9 Å². The maximum absolute atomic E-state index is 13.4. The molecule has 3 N–H and O–H groups in total. The predicted molar refractivity (Wildman–Crippen MR) is 129 cm³/mol. The van der Waals surface area contributed by atoms with Gasteiger partial charge in [0.15, 0.2) is 0 Å². The van der Waals surface area contributed by atoms with E-state index in [1.807, 2.05) is 72.8 Å². The summed E-state index contributed by atoms with van der Waals surface area (Å²) in [4.78, 5) is 50.2. The Balaban J connectivity index is 1.82. The molecule has 0 radical (unpaired) electrons. The molecule has 0 aliphatic heterocycles. The monoisotopic (exact) mass is 460 g/mol. The number of likely N-dealkylation sites (N-methyl/N-ethyl adjacent to an activating group) is 1. The standard InChI is InChI=1S/C26H28N4O4/c1-18(32)28-29-25(33)24(16-19-8-4-3-5-9-19)30(2)26(34)23(27-17-31)15-20-12-13-21-10-6-7-11-22(21)14-20/h3-14,17,23-24H,15-16H2,1-2H3,(H,27,31)(H,28,32)(H,29,33). The molecule has 0 aromatic heterocycles. The number of fused-ring (bicyclic) bond motifs is 1. The lowest BCUT2D eigenvalue weighted by molar-refractivity contribution is -0.142. The molecule has 2 atom stereocenters. The molecule has 0 heterocycles. The Kier molecular flexibility index (Phi) is 8.34. The fourth-order valence-electron chi connectivity index (χ4n) is 3.78. The first-order chi connectivity index (χ1) is 16.4. The van der Waals surface area contributed by atoms with E-state index in [9.17, 15) is 19.2 Å². The van der Waals surface area contributed by atoms with Crippen LogP contribution in [0.25, 0.3) is 10.8 Å². The summed E-state index contributed by atoms with van der Waals surface area (Å²) in [5, 5.41) is 4.70. The van der Waals surface area contributed by atoms with E-state index < -0.39 is 29.8 Å². The van der Waals surface area contributed by atoms with E-state index in [1.54, 1.807) is 0 Å². The van der Waals surface area contributed by atoms with Gasteiger partial charge in [-0.05, 0) is 21.9 Å². The zero-order chi connectivity index (χ0) is 24.5. The van der Waals surface area contributed by atoms with Gasteiger partial charge in [-0.15, -0.1) is 0 Å². The zero-order valence-electron chi connectivity index (χ0n) is 19.2. The average molecular weight is 461 g/mol. The van der Waals surface area contributed by atoms with Crippen LogP contribution in [0, 0.1) is 0 Å². The van der Waals surface area contributed by atoms with Crippen LogP contribution < -0.4 is 16.2 Å². The molecule has 34 heavy (non-hydrogen) atoms. The highest BCUT2D eigenvalue weighted by atomic mass is 16.2. The van der Waals surface area contributed by atoms with Gasteiger partial charge in [0, 0.05) is 26.8 Å². The summed E-state index contributed by atoms with van der Waals surface area (Å²) in [6, 6.07) is 21.2. The third-order valence-electron chi connectivity index (χ3n) is 5.57. The number of nitrogens with one attached hydrogen (secondary N) is 3. The lowest BCUT2D eigenvalue weighted by atomic mass is 9.99. The molecular formula is C26H28N4O4. The molecule has 3 rings (SSSR count). The number of hydrogen-bond donors (Lipinski definition) is 3. The molecule has 0 spiro atoms. The Morgan fingerprint density at radius 3 is 2.21 bits per heavy atom.